The molecule has 0 aliphatic carbocycles. The molecule has 1 atom stereocenters. The zero-order valence-electron chi connectivity index (χ0n) is 14.0. The molecule has 22 heavy (non-hydrogen) atoms. The smallest absolute Gasteiger partial charge is 0.222 e. The van der Waals surface area contributed by atoms with Crippen LogP contribution in [-0.4, -0.2) is 61.9 Å². The SMILES string of the molecule is CN=C1N=C(N(C)CCCOc2ccccc2)CC(C)N1C. The number of rotatable bonds is 5. The molecule has 0 fully saturated rings. The number of guanidine groups is 1. The van der Waals surface area contributed by atoms with Gasteiger partial charge in [-0.1, -0.05) is 18.2 Å². The number of ether oxygens (including phenoxy) is 1. The number of hydrogen-bond acceptors (Lipinski definition) is 3. The molecule has 0 saturated carbocycles. The number of benzene rings is 1. The van der Waals surface area contributed by atoms with Crippen molar-refractivity contribution in [2.45, 2.75) is 25.8 Å². The van der Waals surface area contributed by atoms with Crippen LogP contribution in [0.15, 0.2) is 40.3 Å². The van der Waals surface area contributed by atoms with E-state index in [1.165, 1.54) is 0 Å². The molecule has 0 amide bonds. The summed E-state index contributed by atoms with van der Waals surface area (Å²) in [6.45, 7) is 3.84. The highest BCUT2D eigenvalue weighted by atomic mass is 16.5. The maximum atomic E-state index is 5.73. The lowest BCUT2D eigenvalue weighted by Crippen LogP contribution is -2.44. The minimum atomic E-state index is 0.425. The first-order chi connectivity index (χ1) is 10.6. The van der Waals surface area contributed by atoms with E-state index < -0.39 is 0 Å². The van der Waals surface area contributed by atoms with Crippen LogP contribution in [0.5, 0.6) is 5.75 Å². The lowest BCUT2D eigenvalue weighted by Gasteiger charge is -2.34. The summed E-state index contributed by atoms with van der Waals surface area (Å²) in [6, 6.07) is 10.4. The summed E-state index contributed by atoms with van der Waals surface area (Å²) in [5.41, 5.74) is 0. The predicted molar refractivity (Wildman–Crippen MR) is 91.8 cm³/mol. The second-order valence-electron chi connectivity index (χ2n) is 5.65. The standard InChI is InChI=1S/C17H26N4O/c1-14-13-16(19-17(18-2)21(14)4)20(3)11-8-12-22-15-9-6-5-7-10-15/h5-7,9-10,14H,8,11-13H2,1-4H3. The highest BCUT2D eigenvalue weighted by Crippen LogP contribution is 2.14. The van der Waals surface area contributed by atoms with Gasteiger partial charge in [-0.3, -0.25) is 4.99 Å². The summed E-state index contributed by atoms with van der Waals surface area (Å²) in [5, 5.41) is 0. The Hall–Kier alpha value is -2.04. The van der Waals surface area contributed by atoms with E-state index in [0.29, 0.717) is 12.6 Å². The van der Waals surface area contributed by atoms with Gasteiger partial charge in [0.2, 0.25) is 5.96 Å². The molecule has 0 radical (unpaired) electrons. The van der Waals surface area contributed by atoms with Gasteiger partial charge in [-0.15, -0.1) is 0 Å². The minimum Gasteiger partial charge on any atom is -0.494 e. The Labute approximate surface area is 133 Å². The van der Waals surface area contributed by atoms with Crippen LogP contribution in [0.2, 0.25) is 0 Å². The van der Waals surface area contributed by atoms with Gasteiger partial charge < -0.3 is 14.5 Å². The van der Waals surface area contributed by atoms with Crippen molar-refractivity contribution >= 4 is 11.8 Å². The minimum absolute atomic E-state index is 0.425. The van der Waals surface area contributed by atoms with Crippen LogP contribution in [-0.2, 0) is 0 Å². The van der Waals surface area contributed by atoms with Gasteiger partial charge in [-0.05, 0) is 25.5 Å². The second-order valence-corrected chi connectivity index (χ2v) is 5.65. The van der Waals surface area contributed by atoms with Gasteiger partial charge in [-0.25, -0.2) is 4.99 Å². The van der Waals surface area contributed by atoms with Gasteiger partial charge in [0.1, 0.15) is 11.6 Å². The molecule has 0 bridgehead atoms. The normalized spacial score (nSPS) is 20.0. The number of hydrogen-bond donors (Lipinski definition) is 0. The van der Waals surface area contributed by atoms with E-state index in [1.54, 1.807) is 7.05 Å². The first-order valence-electron chi connectivity index (χ1n) is 7.78. The third-order valence-electron chi connectivity index (χ3n) is 3.97. The second kappa shape index (κ2) is 7.82. The molecule has 1 aliphatic heterocycles. The molecule has 1 unspecified atom stereocenters. The summed E-state index contributed by atoms with van der Waals surface area (Å²) in [4.78, 5) is 13.2. The van der Waals surface area contributed by atoms with Crippen molar-refractivity contribution in [2.24, 2.45) is 9.98 Å². The molecule has 5 nitrogen and oxygen atoms in total. The van der Waals surface area contributed by atoms with E-state index in [-0.39, 0.29) is 0 Å². The monoisotopic (exact) mass is 302 g/mol. The number of aliphatic imine (C=N–C) groups is 2. The van der Waals surface area contributed by atoms with Gasteiger partial charge in [0.25, 0.3) is 0 Å². The van der Waals surface area contributed by atoms with Crippen LogP contribution >= 0.6 is 0 Å². The Morgan fingerprint density at radius 3 is 2.77 bits per heavy atom. The first kappa shape index (κ1) is 16.3. The zero-order valence-corrected chi connectivity index (χ0v) is 14.0. The van der Waals surface area contributed by atoms with Crippen molar-refractivity contribution in [3.05, 3.63) is 30.3 Å². The van der Waals surface area contributed by atoms with E-state index in [0.717, 1.165) is 36.9 Å². The van der Waals surface area contributed by atoms with E-state index in [4.69, 9.17) is 4.74 Å². The molecule has 5 heteroatoms. The molecule has 1 heterocycles. The predicted octanol–water partition coefficient (Wildman–Crippen LogP) is 2.50. The maximum absolute atomic E-state index is 5.73. The van der Waals surface area contributed by atoms with Gasteiger partial charge in [0.05, 0.1) is 6.61 Å². The van der Waals surface area contributed by atoms with Crippen molar-refractivity contribution < 1.29 is 4.74 Å². The lowest BCUT2D eigenvalue weighted by atomic mass is 10.1. The highest BCUT2D eigenvalue weighted by Gasteiger charge is 2.23. The summed E-state index contributed by atoms with van der Waals surface area (Å²) in [7, 11) is 5.92. The van der Waals surface area contributed by atoms with Gasteiger partial charge in [0, 0.05) is 40.2 Å². The molecular weight excluding hydrogens is 276 g/mol. The van der Waals surface area contributed by atoms with Crippen molar-refractivity contribution in [2.75, 3.05) is 34.3 Å². The van der Waals surface area contributed by atoms with Crippen LogP contribution in [0.3, 0.4) is 0 Å². The fourth-order valence-electron chi connectivity index (χ4n) is 2.42. The summed E-state index contributed by atoms with van der Waals surface area (Å²) >= 11 is 0. The van der Waals surface area contributed by atoms with Gasteiger partial charge in [0.15, 0.2) is 0 Å². The quantitative estimate of drug-likeness (QED) is 0.785. The molecular formula is C17H26N4O. The third kappa shape index (κ3) is 4.23. The van der Waals surface area contributed by atoms with Gasteiger partial charge >= 0.3 is 0 Å². The molecule has 0 aromatic heterocycles. The van der Waals surface area contributed by atoms with E-state index in [1.807, 2.05) is 37.4 Å². The van der Waals surface area contributed by atoms with Crippen molar-refractivity contribution in [1.29, 1.82) is 0 Å². The highest BCUT2D eigenvalue weighted by molar-refractivity contribution is 5.98. The molecule has 1 aromatic carbocycles. The van der Waals surface area contributed by atoms with Crippen LogP contribution in [0.4, 0.5) is 0 Å². The lowest BCUT2D eigenvalue weighted by molar-refractivity contribution is 0.291. The van der Waals surface area contributed by atoms with Crippen LogP contribution in [0.1, 0.15) is 19.8 Å². The molecule has 1 aromatic rings. The Balaban J connectivity index is 1.81. The van der Waals surface area contributed by atoms with E-state index in [9.17, 15) is 0 Å². The third-order valence-corrected chi connectivity index (χ3v) is 3.97. The average molecular weight is 302 g/mol. The Kier molecular flexibility index (Phi) is 5.81. The van der Waals surface area contributed by atoms with Crippen molar-refractivity contribution in [3.8, 4) is 5.75 Å². The molecule has 2 rings (SSSR count). The number of amidine groups is 1. The molecule has 0 spiro atoms. The maximum Gasteiger partial charge on any atom is 0.222 e. The van der Waals surface area contributed by atoms with E-state index >= 15 is 0 Å². The van der Waals surface area contributed by atoms with Crippen LogP contribution < -0.4 is 4.74 Å². The average Bonchev–Trinajstić information content (AvgIpc) is 2.54. The van der Waals surface area contributed by atoms with Crippen LogP contribution in [0.25, 0.3) is 0 Å². The number of nitrogens with zero attached hydrogens (tertiary/aromatic N) is 4. The van der Waals surface area contributed by atoms with Gasteiger partial charge in [-0.2, -0.15) is 0 Å². The fourth-order valence-corrected chi connectivity index (χ4v) is 2.42. The zero-order chi connectivity index (χ0) is 15.9. The summed E-state index contributed by atoms with van der Waals surface area (Å²) < 4.78 is 5.73. The largest absolute Gasteiger partial charge is 0.494 e. The number of para-hydroxylation sites is 1. The Morgan fingerprint density at radius 2 is 2.09 bits per heavy atom. The topological polar surface area (TPSA) is 40.4 Å². The van der Waals surface area contributed by atoms with Crippen LogP contribution in [0, 0.1) is 0 Å². The molecule has 0 saturated heterocycles. The van der Waals surface area contributed by atoms with Crippen molar-refractivity contribution in [3.63, 3.8) is 0 Å². The Bertz CT molecular complexity index is 527. The molecule has 0 N–H and O–H groups in total. The van der Waals surface area contributed by atoms with E-state index in [2.05, 4.69) is 33.8 Å². The summed E-state index contributed by atoms with van der Waals surface area (Å²) in [5.74, 6) is 2.84. The molecule has 1 aliphatic rings. The Morgan fingerprint density at radius 1 is 1.36 bits per heavy atom. The summed E-state index contributed by atoms with van der Waals surface area (Å²) in [6.07, 6.45) is 1.92. The molecule has 120 valence electrons. The first-order valence-corrected chi connectivity index (χ1v) is 7.78. The fraction of sp³-hybridized carbons (Fsp3) is 0.529. The van der Waals surface area contributed by atoms with Crippen molar-refractivity contribution in [1.82, 2.24) is 9.80 Å².